The van der Waals surface area contributed by atoms with Gasteiger partial charge in [-0.2, -0.15) is 0 Å². The molecule has 0 amide bonds. The van der Waals surface area contributed by atoms with E-state index in [0.717, 1.165) is 11.1 Å². The van der Waals surface area contributed by atoms with Crippen molar-refractivity contribution >= 4 is 0 Å². The van der Waals surface area contributed by atoms with E-state index in [1.54, 1.807) is 13.2 Å². The summed E-state index contributed by atoms with van der Waals surface area (Å²) < 4.78 is 18.2. The van der Waals surface area contributed by atoms with Crippen LogP contribution in [0.15, 0.2) is 18.2 Å². The first-order valence-electron chi connectivity index (χ1n) is 4.55. The van der Waals surface area contributed by atoms with Crippen LogP contribution in [0.1, 0.15) is 18.1 Å². The highest BCUT2D eigenvalue weighted by atomic mass is 19.1. The van der Waals surface area contributed by atoms with Crippen LogP contribution < -0.4 is 5.73 Å². The Balaban J connectivity index is 3.17. The standard InChI is InChI=1S/C11H16FNO/c1-8-6-9(12)4-5-10(8)11(2,7-13)14-3/h4-6H,7,13H2,1-3H3. The van der Waals surface area contributed by atoms with Gasteiger partial charge < -0.3 is 10.5 Å². The lowest BCUT2D eigenvalue weighted by Gasteiger charge is -2.28. The van der Waals surface area contributed by atoms with Crippen LogP contribution in [0.2, 0.25) is 0 Å². The zero-order valence-electron chi connectivity index (χ0n) is 8.80. The fourth-order valence-electron chi connectivity index (χ4n) is 1.52. The van der Waals surface area contributed by atoms with Crippen LogP contribution in [0.5, 0.6) is 0 Å². The average Bonchev–Trinajstić information content (AvgIpc) is 2.17. The number of rotatable bonds is 3. The number of aryl methyl sites for hydroxylation is 1. The quantitative estimate of drug-likeness (QED) is 0.803. The molecule has 14 heavy (non-hydrogen) atoms. The molecule has 2 nitrogen and oxygen atoms in total. The van der Waals surface area contributed by atoms with Crippen molar-refractivity contribution in [2.45, 2.75) is 19.4 Å². The molecule has 0 aliphatic heterocycles. The van der Waals surface area contributed by atoms with Crippen molar-refractivity contribution in [2.75, 3.05) is 13.7 Å². The minimum absolute atomic E-state index is 0.235. The molecule has 1 unspecified atom stereocenters. The van der Waals surface area contributed by atoms with Crippen LogP contribution >= 0.6 is 0 Å². The van der Waals surface area contributed by atoms with Crippen molar-refractivity contribution < 1.29 is 9.13 Å². The summed E-state index contributed by atoms with van der Waals surface area (Å²) in [7, 11) is 1.61. The first kappa shape index (κ1) is 11.1. The van der Waals surface area contributed by atoms with E-state index in [2.05, 4.69) is 0 Å². The molecule has 0 radical (unpaired) electrons. The Morgan fingerprint density at radius 2 is 2.14 bits per heavy atom. The van der Waals surface area contributed by atoms with Gasteiger partial charge in [-0.3, -0.25) is 0 Å². The number of halogens is 1. The Morgan fingerprint density at radius 1 is 1.50 bits per heavy atom. The van der Waals surface area contributed by atoms with Gasteiger partial charge in [-0.1, -0.05) is 6.07 Å². The van der Waals surface area contributed by atoms with Crippen molar-refractivity contribution in [1.82, 2.24) is 0 Å². The van der Waals surface area contributed by atoms with Gasteiger partial charge in [-0.15, -0.1) is 0 Å². The molecule has 0 aliphatic carbocycles. The lowest BCUT2D eigenvalue weighted by Crippen LogP contribution is -2.34. The summed E-state index contributed by atoms with van der Waals surface area (Å²) in [6, 6.07) is 4.64. The minimum Gasteiger partial charge on any atom is -0.372 e. The molecule has 1 aromatic carbocycles. The van der Waals surface area contributed by atoms with Gasteiger partial charge in [0.1, 0.15) is 11.4 Å². The number of hydrogen-bond donors (Lipinski definition) is 1. The zero-order valence-corrected chi connectivity index (χ0v) is 8.80. The van der Waals surface area contributed by atoms with Crippen LogP contribution in [0, 0.1) is 12.7 Å². The lowest BCUT2D eigenvalue weighted by molar-refractivity contribution is 0.00951. The van der Waals surface area contributed by atoms with Crippen molar-refractivity contribution in [3.63, 3.8) is 0 Å². The third kappa shape index (κ3) is 1.94. The predicted molar refractivity (Wildman–Crippen MR) is 54.6 cm³/mol. The van der Waals surface area contributed by atoms with Gasteiger partial charge in [0.25, 0.3) is 0 Å². The molecule has 1 aromatic rings. The lowest BCUT2D eigenvalue weighted by atomic mass is 9.92. The zero-order chi connectivity index (χ0) is 10.8. The van der Waals surface area contributed by atoms with E-state index in [1.165, 1.54) is 12.1 Å². The number of benzene rings is 1. The number of methoxy groups -OCH3 is 1. The molecule has 78 valence electrons. The topological polar surface area (TPSA) is 35.2 Å². The van der Waals surface area contributed by atoms with Gasteiger partial charge in [0.2, 0.25) is 0 Å². The summed E-state index contributed by atoms with van der Waals surface area (Å²) >= 11 is 0. The molecule has 0 saturated carbocycles. The van der Waals surface area contributed by atoms with Crippen LogP contribution in [0.25, 0.3) is 0 Å². The molecule has 0 heterocycles. The van der Waals surface area contributed by atoms with Gasteiger partial charge in [-0.05, 0) is 37.1 Å². The second kappa shape index (κ2) is 4.07. The summed E-state index contributed by atoms with van der Waals surface area (Å²) in [5.74, 6) is -0.235. The summed E-state index contributed by atoms with van der Waals surface area (Å²) in [5, 5.41) is 0. The Bertz CT molecular complexity index is 321. The maximum atomic E-state index is 12.9. The highest BCUT2D eigenvalue weighted by molar-refractivity contribution is 5.32. The molecule has 0 aliphatic rings. The smallest absolute Gasteiger partial charge is 0.123 e. The maximum Gasteiger partial charge on any atom is 0.123 e. The maximum absolute atomic E-state index is 12.9. The average molecular weight is 197 g/mol. The second-order valence-electron chi connectivity index (χ2n) is 3.60. The van der Waals surface area contributed by atoms with Gasteiger partial charge in [0.15, 0.2) is 0 Å². The van der Waals surface area contributed by atoms with E-state index in [4.69, 9.17) is 10.5 Å². The second-order valence-corrected chi connectivity index (χ2v) is 3.60. The van der Waals surface area contributed by atoms with E-state index < -0.39 is 5.60 Å². The fourth-order valence-corrected chi connectivity index (χ4v) is 1.52. The first-order valence-corrected chi connectivity index (χ1v) is 4.55. The Morgan fingerprint density at radius 3 is 2.57 bits per heavy atom. The third-order valence-electron chi connectivity index (χ3n) is 2.60. The van der Waals surface area contributed by atoms with Gasteiger partial charge in [0.05, 0.1) is 0 Å². The Hall–Kier alpha value is -0.930. The van der Waals surface area contributed by atoms with Crippen LogP contribution in [0.3, 0.4) is 0 Å². The molecule has 0 spiro atoms. The molecule has 0 fully saturated rings. The predicted octanol–water partition coefficient (Wildman–Crippen LogP) is 1.95. The highest BCUT2D eigenvalue weighted by Gasteiger charge is 2.25. The Kier molecular flexibility index (Phi) is 3.24. The number of nitrogens with two attached hydrogens (primary N) is 1. The van der Waals surface area contributed by atoms with Gasteiger partial charge in [0, 0.05) is 13.7 Å². The van der Waals surface area contributed by atoms with E-state index >= 15 is 0 Å². The molecule has 1 atom stereocenters. The highest BCUT2D eigenvalue weighted by Crippen LogP contribution is 2.26. The van der Waals surface area contributed by atoms with Crippen LogP contribution in [-0.4, -0.2) is 13.7 Å². The number of ether oxygens (including phenoxy) is 1. The van der Waals surface area contributed by atoms with Crippen molar-refractivity contribution in [1.29, 1.82) is 0 Å². The summed E-state index contributed by atoms with van der Waals surface area (Å²) in [4.78, 5) is 0. The van der Waals surface area contributed by atoms with Crippen molar-refractivity contribution in [3.8, 4) is 0 Å². The molecule has 0 bridgehead atoms. The van der Waals surface area contributed by atoms with E-state index in [9.17, 15) is 4.39 Å². The molecule has 0 saturated heterocycles. The SMILES string of the molecule is COC(C)(CN)c1ccc(F)cc1C. The third-order valence-corrected chi connectivity index (χ3v) is 2.60. The van der Waals surface area contributed by atoms with Crippen LogP contribution in [-0.2, 0) is 10.3 Å². The van der Waals surface area contributed by atoms with E-state index in [1.807, 2.05) is 13.8 Å². The molecule has 2 N–H and O–H groups in total. The summed E-state index contributed by atoms with van der Waals surface area (Å²) in [6.45, 7) is 4.12. The molecular weight excluding hydrogens is 181 g/mol. The number of hydrogen-bond acceptors (Lipinski definition) is 2. The van der Waals surface area contributed by atoms with Gasteiger partial charge >= 0.3 is 0 Å². The normalized spacial score (nSPS) is 15.2. The minimum atomic E-state index is -0.530. The molecule has 0 aromatic heterocycles. The molecular formula is C11H16FNO. The molecule has 3 heteroatoms. The fraction of sp³-hybridized carbons (Fsp3) is 0.455. The summed E-state index contributed by atoms with van der Waals surface area (Å²) in [5.41, 5.74) is 6.90. The van der Waals surface area contributed by atoms with Crippen LogP contribution in [0.4, 0.5) is 4.39 Å². The summed E-state index contributed by atoms with van der Waals surface area (Å²) in [6.07, 6.45) is 0. The van der Waals surface area contributed by atoms with Crippen molar-refractivity contribution in [2.24, 2.45) is 5.73 Å². The van der Waals surface area contributed by atoms with Gasteiger partial charge in [-0.25, -0.2) is 4.39 Å². The van der Waals surface area contributed by atoms with E-state index in [-0.39, 0.29) is 5.82 Å². The molecule has 1 rings (SSSR count). The largest absolute Gasteiger partial charge is 0.372 e. The monoisotopic (exact) mass is 197 g/mol. The van der Waals surface area contributed by atoms with Crippen molar-refractivity contribution in [3.05, 3.63) is 35.1 Å². The van der Waals surface area contributed by atoms with E-state index in [0.29, 0.717) is 6.54 Å². The first-order chi connectivity index (χ1) is 6.53. The Labute approximate surface area is 83.9 Å².